The summed E-state index contributed by atoms with van der Waals surface area (Å²) in [5.41, 5.74) is 2.35. The number of aromatic nitrogens is 2. The molecule has 2 amide bonds. The Morgan fingerprint density at radius 1 is 1.03 bits per heavy atom. The average molecular weight is 447 g/mol. The van der Waals surface area contributed by atoms with Crippen molar-refractivity contribution in [3.8, 4) is 11.5 Å². The van der Waals surface area contributed by atoms with E-state index in [9.17, 15) is 9.59 Å². The van der Waals surface area contributed by atoms with Gasteiger partial charge in [-0.05, 0) is 37.1 Å². The number of nitrogens with one attached hydrogen (secondary N) is 1. The summed E-state index contributed by atoms with van der Waals surface area (Å²) in [5.74, 6) is 1.68. The number of imidazole rings is 1. The fourth-order valence-corrected chi connectivity index (χ4v) is 5.28. The summed E-state index contributed by atoms with van der Waals surface area (Å²) in [5, 5.41) is 2.92. The third-order valence-electron chi connectivity index (χ3n) is 6.85. The zero-order valence-electron chi connectivity index (χ0n) is 18.3. The molecule has 8 nitrogen and oxygen atoms in total. The number of anilines is 2. The molecule has 33 heavy (non-hydrogen) atoms. The molecule has 2 aliphatic heterocycles. The molecule has 3 heterocycles. The van der Waals surface area contributed by atoms with Gasteiger partial charge in [0.15, 0.2) is 11.5 Å². The number of hydrogen-bond acceptors (Lipinski definition) is 5. The molecule has 1 saturated carbocycles. The molecule has 1 aliphatic carbocycles. The van der Waals surface area contributed by atoms with E-state index >= 15 is 0 Å². The summed E-state index contributed by atoms with van der Waals surface area (Å²) in [4.78, 5) is 33.4. The molecule has 3 aliphatic rings. The van der Waals surface area contributed by atoms with Gasteiger partial charge in [0.1, 0.15) is 6.04 Å². The van der Waals surface area contributed by atoms with Gasteiger partial charge in [0, 0.05) is 17.8 Å². The average Bonchev–Trinajstić information content (AvgIpc) is 3.41. The van der Waals surface area contributed by atoms with Gasteiger partial charge in [-0.25, -0.2) is 4.98 Å². The van der Waals surface area contributed by atoms with Crippen LogP contribution in [0.15, 0.2) is 42.5 Å². The summed E-state index contributed by atoms with van der Waals surface area (Å²) < 4.78 is 12.7. The lowest BCUT2D eigenvalue weighted by atomic mass is 10.1. The van der Waals surface area contributed by atoms with Crippen molar-refractivity contribution in [3.05, 3.63) is 42.5 Å². The summed E-state index contributed by atoms with van der Waals surface area (Å²) in [6.07, 6.45) is 6.64. The fourth-order valence-electron chi connectivity index (χ4n) is 5.28. The third kappa shape index (κ3) is 3.50. The maximum absolute atomic E-state index is 13.7. The van der Waals surface area contributed by atoms with Crippen LogP contribution in [0, 0.1) is 0 Å². The van der Waals surface area contributed by atoms with Gasteiger partial charge in [0.2, 0.25) is 18.6 Å². The van der Waals surface area contributed by atoms with E-state index in [-0.39, 0.29) is 31.1 Å². The van der Waals surface area contributed by atoms with Crippen molar-refractivity contribution in [2.24, 2.45) is 0 Å². The van der Waals surface area contributed by atoms with Gasteiger partial charge in [0.25, 0.3) is 5.91 Å². The third-order valence-corrected chi connectivity index (χ3v) is 6.85. The van der Waals surface area contributed by atoms with E-state index in [4.69, 9.17) is 14.5 Å². The van der Waals surface area contributed by atoms with E-state index in [1.165, 1.54) is 12.8 Å². The first-order chi connectivity index (χ1) is 16.2. The Labute approximate surface area is 191 Å². The molecule has 2 aromatic carbocycles. The maximum Gasteiger partial charge on any atom is 0.253 e. The summed E-state index contributed by atoms with van der Waals surface area (Å²) in [6.45, 7) is 0.177. The number of rotatable bonds is 4. The number of fused-ring (bicyclic) bond motifs is 4. The van der Waals surface area contributed by atoms with E-state index < -0.39 is 6.04 Å². The number of carbonyl (C=O) groups is 2. The molecule has 0 spiro atoms. The van der Waals surface area contributed by atoms with E-state index in [2.05, 4.69) is 5.32 Å². The molecule has 1 fully saturated rings. The predicted molar refractivity (Wildman–Crippen MR) is 124 cm³/mol. The summed E-state index contributed by atoms with van der Waals surface area (Å²) >= 11 is 0. The number of hydrogen-bond donors (Lipinski definition) is 1. The zero-order chi connectivity index (χ0) is 22.4. The highest BCUT2D eigenvalue weighted by Gasteiger charge is 2.43. The molecule has 3 aromatic rings. The minimum atomic E-state index is -0.607. The predicted octanol–water partition coefficient (Wildman–Crippen LogP) is 4.40. The van der Waals surface area contributed by atoms with Crippen LogP contribution in [0.4, 0.5) is 11.6 Å². The lowest BCUT2D eigenvalue weighted by Crippen LogP contribution is -2.39. The molecule has 1 atom stereocenters. The van der Waals surface area contributed by atoms with E-state index in [1.807, 2.05) is 33.7 Å². The van der Waals surface area contributed by atoms with Crippen molar-refractivity contribution in [3.63, 3.8) is 0 Å². The molecule has 8 heteroatoms. The normalized spacial score (nSPS) is 20.2. The highest BCUT2D eigenvalue weighted by atomic mass is 16.7. The van der Waals surface area contributed by atoms with Gasteiger partial charge < -0.3 is 14.8 Å². The lowest BCUT2D eigenvalue weighted by Gasteiger charge is -2.25. The quantitative estimate of drug-likeness (QED) is 0.600. The Morgan fingerprint density at radius 3 is 2.67 bits per heavy atom. The highest BCUT2D eigenvalue weighted by Crippen LogP contribution is 2.40. The summed E-state index contributed by atoms with van der Waals surface area (Å²) in [7, 11) is 0. The Hall–Kier alpha value is -3.55. The van der Waals surface area contributed by atoms with Crippen LogP contribution in [0.5, 0.6) is 11.5 Å². The van der Waals surface area contributed by atoms with Crippen molar-refractivity contribution in [1.82, 2.24) is 9.55 Å². The van der Waals surface area contributed by atoms with Crippen molar-refractivity contribution >= 4 is 34.5 Å². The van der Waals surface area contributed by atoms with Crippen molar-refractivity contribution in [2.45, 2.75) is 57.0 Å². The van der Waals surface area contributed by atoms with Crippen molar-refractivity contribution in [2.75, 3.05) is 17.0 Å². The monoisotopic (exact) mass is 446 g/mol. The van der Waals surface area contributed by atoms with Crippen LogP contribution in [-0.2, 0) is 9.59 Å². The molecule has 1 aromatic heterocycles. The molecule has 6 rings (SSSR count). The molecule has 1 N–H and O–H groups in total. The van der Waals surface area contributed by atoms with Crippen LogP contribution in [0.1, 0.15) is 51.0 Å². The standard InChI is InChI=1S/C25H26N4O4/c30-23(26-16-11-12-21-22(13-16)33-15-32-21)14-20-24(31)28(17-7-3-1-2-4-8-17)25-27-18-9-5-6-10-19(18)29(20)25/h5-6,9-13,17,20H,1-4,7-8,14-15H2,(H,26,30)/t20-/m0/s1. The Morgan fingerprint density at radius 2 is 1.82 bits per heavy atom. The molecular weight excluding hydrogens is 420 g/mol. The van der Waals surface area contributed by atoms with Gasteiger partial charge in [-0.2, -0.15) is 0 Å². The van der Waals surface area contributed by atoms with E-state index in [0.717, 1.165) is 36.7 Å². The van der Waals surface area contributed by atoms with E-state index in [1.54, 1.807) is 18.2 Å². The van der Waals surface area contributed by atoms with Gasteiger partial charge >= 0.3 is 0 Å². The second-order valence-electron chi connectivity index (χ2n) is 8.96. The van der Waals surface area contributed by atoms with Crippen LogP contribution in [-0.4, -0.2) is 34.2 Å². The number of nitrogens with zero attached hydrogens (tertiary/aromatic N) is 3. The maximum atomic E-state index is 13.7. The molecule has 0 bridgehead atoms. The van der Waals surface area contributed by atoms with Gasteiger partial charge in [0.05, 0.1) is 17.5 Å². The fraction of sp³-hybridized carbons (Fsp3) is 0.400. The SMILES string of the molecule is O=C(C[C@H]1C(=O)N(C2CCCCCC2)c2nc3ccccc3n21)Nc1ccc2c(c1)OCO2. The minimum absolute atomic E-state index is 0.0315. The first-order valence-electron chi connectivity index (χ1n) is 11.7. The number of ether oxygens (including phenoxy) is 2. The number of para-hydroxylation sites is 2. The lowest BCUT2D eigenvalue weighted by molar-refractivity contribution is -0.125. The molecule has 0 saturated heterocycles. The number of benzene rings is 2. The molecule has 0 radical (unpaired) electrons. The number of amides is 2. The van der Waals surface area contributed by atoms with Gasteiger partial charge in [-0.3, -0.25) is 19.1 Å². The second-order valence-corrected chi connectivity index (χ2v) is 8.96. The molecular formula is C25H26N4O4. The Bertz CT molecular complexity index is 1230. The topological polar surface area (TPSA) is 85.7 Å². The van der Waals surface area contributed by atoms with E-state index in [0.29, 0.717) is 23.1 Å². The smallest absolute Gasteiger partial charge is 0.253 e. The molecule has 0 unspecified atom stereocenters. The summed E-state index contributed by atoms with van der Waals surface area (Å²) in [6, 6.07) is 12.6. The minimum Gasteiger partial charge on any atom is -0.454 e. The van der Waals surface area contributed by atoms with Crippen LogP contribution in [0.3, 0.4) is 0 Å². The molecule has 170 valence electrons. The Kier molecular flexibility index (Phi) is 4.93. The largest absolute Gasteiger partial charge is 0.454 e. The highest BCUT2D eigenvalue weighted by molar-refractivity contribution is 6.05. The second kappa shape index (κ2) is 8.10. The van der Waals surface area contributed by atoms with Crippen LogP contribution >= 0.6 is 0 Å². The van der Waals surface area contributed by atoms with Crippen molar-refractivity contribution < 1.29 is 19.1 Å². The zero-order valence-corrected chi connectivity index (χ0v) is 18.3. The van der Waals surface area contributed by atoms with Gasteiger partial charge in [-0.1, -0.05) is 37.8 Å². The number of carbonyl (C=O) groups excluding carboxylic acids is 2. The van der Waals surface area contributed by atoms with Crippen LogP contribution in [0.25, 0.3) is 11.0 Å². The van der Waals surface area contributed by atoms with Crippen LogP contribution < -0.4 is 19.7 Å². The first kappa shape index (κ1) is 20.1. The van der Waals surface area contributed by atoms with Crippen LogP contribution in [0.2, 0.25) is 0 Å². The Balaban J connectivity index is 1.30. The van der Waals surface area contributed by atoms with Crippen molar-refractivity contribution in [1.29, 1.82) is 0 Å². The first-order valence-corrected chi connectivity index (χ1v) is 11.7. The van der Waals surface area contributed by atoms with Gasteiger partial charge in [-0.15, -0.1) is 0 Å².